The molecule has 0 aromatic heterocycles. The Bertz CT molecular complexity index is 674. The highest BCUT2D eigenvalue weighted by Crippen LogP contribution is 2.34. The lowest BCUT2D eigenvalue weighted by Gasteiger charge is -2.08. The van der Waals surface area contributed by atoms with Crippen LogP contribution in [0.2, 0.25) is 0 Å². The molecule has 0 bridgehead atoms. The lowest BCUT2D eigenvalue weighted by Crippen LogP contribution is -2.03. The van der Waals surface area contributed by atoms with E-state index in [-0.39, 0.29) is 28.8 Å². The van der Waals surface area contributed by atoms with Crippen LogP contribution in [0.25, 0.3) is 0 Å². The van der Waals surface area contributed by atoms with Gasteiger partial charge in [0, 0.05) is 14.5 Å². The van der Waals surface area contributed by atoms with Gasteiger partial charge in [0.1, 0.15) is 5.75 Å². The fourth-order valence-corrected chi connectivity index (χ4v) is 2.43. The molecular weight excluding hydrogens is 394 g/mol. The maximum Gasteiger partial charge on any atom is 0.198 e. The number of carbonyl (C=O) groups excluding carboxylic acids is 1. The van der Waals surface area contributed by atoms with Gasteiger partial charge in [-0.2, -0.15) is 0 Å². The summed E-state index contributed by atoms with van der Waals surface area (Å²) in [5.41, 5.74) is 0.240. The average Bonchev–Trinajstić information content (AvgIpc) is 2.36. The standard InChI is InChI=1S/C13H8Br2O4.H3N/c14-6-1-2-10(16)8(3-6)13(19)7-4-11(17)12(18)5-9(7)15;/h1-5,16-18H;1H3/p+1. The van der Waals surface area contributed by atoms with E-state index in [2.05, 4.69) is 31.9 Å². The molecule has 0 unspecified atom stereocenters. The number of phenolic OH excluding ortho intramolecular Hbond substituents is 3. The molecule has 0 amide bonds. The lowest BCUT2D eigenvalue weighted by atomic mass is 10.0. The molecule has 0 saturated carbocycles. The second kappa shape index (κ2) is 6.25. The number of halogens is 2. The molecular formula is C13H12Br2NO4+. The van der Waals surface area contributed by atoms with Crippen molar-refractivity contribution >= 4 is 37.6 Å². The molecule has 106 valence electrons. The molecule has 0 aliphatic rings. The first-order valence-corrected chi connectivity index (χ1v) is 6.73. The van der Waals surface area contributed by atoms with E-state index in [9.17, 15) is 20.1 Å². The Morgan fingerprint density at radius 3 is 2.10 bits per heavy atom. The zero-order valence-corrected chi connectivity index (χ0v) is 13.6. The van der Waals surface area contributed by atoms with Crippen molar-refractivity contribution in [3.05, 3.63) is 50.4 Å². The van der Waals surface area contributed by atoms with Crippen LogP contribution in [0.1, 0.15) is 15.9 Å². The van der Waals surface area contributed by atoms with Crippen LogP contribution < -0.4 is 6.15 Å². The summed E-state index contributed by atoms with van der Waals surface area (Å²) in [7, 11) is 0. The van der Waals surface area contributed by atoms with Crippen LogP contribution in [-0.2, 0) is 0 Å². The number of hydrogen-bond donors (Lipinski definition) is 4. The molecule has 5 nitrogen and oxygen atoms in total. The van der Waals surface area contributed by atoms with Crippen molar-refractivity contribution < 1.29 is 20.1 Å². The first-order valence-electron chi connectivity index (χ1n) is 5.15. The highest BCUT2D eigenvalue weighted by molar-refractivity contribution is 9.10. The first-order chi connectivity index (χ1) is 8.90. The zero-order valence-electron chi connectivity index (χ0n) is 10.4. The number of phenols is 3. The van der Waals surface area contributed by atoms with Gasteiger partial charge in [-0.1, -0.05) is 15.9 Å². The van der Waals surface area contributed by atoms with Gasteiger partial charge in [0.2, 0.25) is 0 Å². The Hall–Kier alpha value is -1.57. The van der Waals surface area contributed by atoms with E-state index in [1.807, 2.05) is 0 Å². The van der Waals surface area contributed by atoms with Crippen LogP contribution >= 0.6 is 31.9 Å². The molecule has 0 aliphatic carbocycles. The normalized spacial score (nSPS) is 9.90. The Balaban J connectivity index is 0.00000200. The van der Waals surface area contributed by atoms with Gasteiger partial charge >= 0.3 is 0 Å². The van der Waals surface area contributed by atoms with E-state index in [1.165, 1.54) is 18.2 Å². The molecule has 0 atom stereocenters. The van der Waals surface area contributed by atoms with Gasteiger partial charge in [-0.3, -0.25) is 4.79 Å². The van der Waals surface area contributed by atoms with E-state index < -0.39 is 11.5 Å². The summed E-state index contributed by atoms with van der Waals surface area (Å²) in [6.45, 7) is 0. The van der Waals surface area contributed by atoms with E-state index >= 15 is 0 Å². The van der Waals surface area contributed by atoms with Crippen molar-refractivity contribution in [3.8, 4) is 17.2 Å². The van der Waals surface area contributed by atoms with Gasteiger partial charge < -0.3 is 21.5 Å². The molecule has 0 spiro atoms. The minimum Gasteiger partial charge on any atom is -0.507 e. The number of ketones is 1. The van der Waals surface area contributed by atoms with E-state index in [1.54, 1.807) is 6.07 Å². The van der Waals surface area contributed by atoms with Crippen LogP contribution in [0.5, 0.6) is 17.2 Å². The van der Waals surface area contributed by atoms with Crippen molar-refractivity contribution in [2.24, 2.45) is 0 Å². The fourth-order valence-electron chi connectivity index (χ4n) is 1.56. The lowest BCUT2D eigenvalue weighted by molar-refractivity contribution is 0.103. The second-order valence-electron chi connectivity index (χ2n) is 3.81. The van der Waals surface area contributed by atoms with Gasteiger partial charge in [-0.25, -0.2) is 0 Å². The minimum absolute atomic E-state index is 0. The molecule has 0 radical (unpaired) electrons. The number of quaternary nitrogens is 1. The van der Waals surface area contributed by atoms with Gasteiger partial charge in [0.25, 0.3) is 0 Å². The molecule has 0 saturated heterocycles. The van der Waals surface area contributed by atoms with Gasteiger partial charge in [-0.15, -0.1) is 0 Å². The van der Waals surface area contributed by atoms with E-state index in [4.69, 9.17) is 0 Å². The Morgan fingerprint density at radius 1 is 0.850 bits per heavy atom. The average molecular weight is 406 g/mol. The highest BCUT2D eigenvalue weighted by atomic mass is 79.9. The number of rotatable bonds is 2. The van der Waals surface area contributed by atoms with Crippen LogP contribution in [0.4, 0.5) is 0 Å². The summed E-state index contributed by atoms with van der Waals surface area (Å²) in [5, 5.41) is 28.5. The maximum atomic E-state index is 12.3. The first kappa shape index (κ1) is 16.5. The van der Waals surface area contributed by atoms with Crippen LogP contribution in [0.3, 0.4) is 0 Å². The summed E-state index contributed by atoms with van der Waals surface area (Å²) in [6, 6.07) is 6.84. The van der Waals surface area contributed by atoms with Crippen molar-refractivity contribution in [3.63, 3.8) is 0 Å². The maximum absolute atomic E-state index is 12.3. The summed E-state index contributed by atoms with van der Waals surface area (Å²) < 4.78 is 0.972. The molecule has 0 fully saturated rings. The second-order valence-corrected chi connectivity index (χ2v) is 5.58. The summed E-state index contributed by atoms with van der Waals surface area (Å²) in [6.07, 6.45) is 0. The smallest absolute Gasteiger partial charge is 0.198 e. The van der Waals surface area contributed by atoms with Gasteiger partial charge in [0.15, 0.2) is 17.3 Å². The van der Waals surface area contributed by atoms with Gasteiger partial charge in [-0.05, 0) is 46.3 Å². The molecule has 7 heteroatoms. The number of carbonyl (C=O) groups is 1. The molecule has 20 heavy (non-hydrogen) atoms. The monoisotopic (exact) mass is 404 g/mol. The Kier molecular flexibility index (Phi) is 5.15. The zero-order chi connectivity index (χ0) is 14.2. The molecule has 2 aromatic rings. The van der Waals surface area contributed by atoms with Crippen LogP contribution in [0.15, 0.2) is 39.3 Å². The topological polar surface area (TPSA) is 114 Å². The Labute approximate surface area is 131 Å². The largest absolute Gasteiger partial charge is 0.507 e. The molecule has 0 heterocycles. The van der Waals surface area contributed by atoms with E-state index in [0.717, 1.165) is 6.07 Å². The number of hydrogen-bond acceptors (Lipinski definition) is 4. The molecule has 0 aliphatic heterocycles. The third kappa shape index (κ3) is 3.12. The molecule has 2 rings (SSSR count). The van der Waals surface area contributed by atoms with Crippen LogP contribution in [0, 0.1) is 0 Å². The minimum atomic E-state index is -0.471. The fraction of sp³-hybridized carbons (Fsp3) is 0. The van der Waals surface area contributed by atoms with Crippen LogP contribution in [-0.4, -0.2) is 21.1 Å². The summed E-state index contributed by atoms with van der Waals surface area (Å²) in [5.74, 6) is -1.36. The predicted molar refractivity (Wildman–Crippen MR) is 82.7 cm³/mol. The van der Waals surface area contributed by atoms with E-state index in [0.29, 0.717) is 8.95 Å². The quantitative estimate of drug-likeness (QED) is 0.447. The Morgan fingerprint density at radius 2 is 1.45 bits per heavy atom. The van der Waals surface area contributed by atoms with Crippen molar-refractivity contribution in [2.75, 3.05) is 0 Å². The van der Waals surface area contributed by atoms with Crippen molar-refractivity contribution in [2.45, 2.75) is 0 Å². The summed E-state index contributed by atoms with van der Waals surface area (Å²) >= 11 is 6.35. The number of benzene rings is 2. The van der Waals surface area contributed by atoms with Gasteiger partial charge in [0.05, 0.1) is 5.56 Å². The third-order valence-electron chi connectivity index (χ3n) is 2.51. The SMILES string of the molecule is O=C(c1cc(Br)ccc1O)c1cc(O)c(O)cc1Br.[NH4+]. The third-order valence-corrected chi connectivity index (χ3v) is 3.66. The predicted octanol–water partition coefficient (Wildman–Crippen LogP) is 3.94. The highest BCUT2D eigenvalue weighted by Gasteiger charge is 2.18. The van der Waals surface area contributed by atoms with Crippen molar-refractivity contribution in [1.82, 2.24) is 6.15 Å². The molecule has 2 aromatic carbocycles. The number of aromatic hydroxyl groups is 3. The van der Waals surface area contributed by atoms with Crippen molar-refractivity contribution in [1.29, 1.82) is 0 Å². The molecule has 7 N–H and O–H groups in total. The summed E-state index contributed by atoms with van der Waals surface area (Å²) in [4.78, 5) is 12.3.